The van der Waals surface area contributed by atoms with Gasteiger partial charge in [-0.05, 0) is 45.2 Å². The highest BCUT2D eigenvalue weighted by Gasteiger charge is 2.51. The summed E-state index contributed by atoms with van der Waals surface area (Å²) in [5, 5.41) is 0. The minimum absolute atomic E-state index is 0.108. The van der Waals surface area contributed by atoms with Crippen molar-refractivity contribution in [3.63, 3.8) is 0 Å². The summed E-state index contributed by atoms with van der Waals surface area (Å²) in [5.74, 6) is 0.617. The van der Waals surface area contributed by atoms with Crippen molar-refractivity contribution in [1.29, 1.82) is 0 Å². The van der Waals surface area contributed by atoms with E-state index in [2.05, 4.69) is 0 Å². The summed E-state index contributed by atoms with van der Waals surface area (Å²) in [7, 11) is -2.11. The van der Waals surface area contributed by atoms with Crippen LogP contribution in [0, 0.1) is 5.41 Å². The van der Waals surface area contributed by atoms with Crippen LogP contribution in [-0.4, -0.2) is 56.3 Å². The molecule has 1 aromatic carbocycles. The molecule has 1 amide bonds. The lowest BCUT2D eigenvalue weighted by Gasteiger charge is -2.41. The van der Waals surface area contributed by atoms with Crippen molar-refractivity contribution in [3.8, 4) is 5.75 Å². The van der Waals surface area contributed by atoms with Gasteiger partial charge in [-0.1, -0.05) is 6.07 Å². The van der Waals surface area contributed by atoms with Crippen molar-refractivity contribution in [3.05, 3.63) is 24.3 Å². The maximum absolute atomic E-state index is 13.0. The Labute approximate surface area is 149 Å². The SMILES string of the molecule is COc1cccc(S(=O)(=O)N2CC[C@@]3(CCCN(C(C)C)C3=O)C2)c1. The molecule has 0 saturated carbocycles. The number of methoxy groups -OCH3 is 1. The number of amides is 1. The molecule has 2 aliphatic heterocycles. The monoisotopic (exact) mass is 366 g/mol. The zero-order valence-corrected chi connectivity index (χ0v) is 15.9. The third kappa shape index (κ3) is 3.15. The topological polar surface area (TPSA) is 66.9 Å². The summed E-state index contributed by atoms with van der Waals surface area (Å²) in [6, 6.07) is 6.64. The van der Waals surface area contributed by atoms with Gasteiger partial charge in [-0.15, -0.1) is 0 Å². The predicted molar refractivity (Wildman–Crippen MR) is 94.9 cm³/mol. The molecule has 2 fully saturated rings. The molecule has 0 aromatic heterocycles. The number of carbonyl (C=O) groups is 1. The summed E-state index contributed by atoms with van der Waals surface area (Å²) >= 11 is 0. The van der Waals surface area contributed by atoms with Gasteiger partial charge in [0.25, 0.3) is 0 Å². The summed E-state index contributed by atoms with van der Waals surface area (Å²) in [5.41, 5.74) is -0.561. The number of carbonyl (C=O) groups excluding carboxylic acids is 1. The normalized spacial score (nSPS) is 25.1. The number of ether oxygens (including phenoxy) is 1. The van der Waals surface area contributed by atoms with Gasteiger partial charge in [0, 0.05) is 31.7 Å². The molecule has 1 spiro atoms. The molecule has 0 bridgehead atoms. The van der Waals surface area contributed by atoms with Gasteiger partial charge in [0.2, 0.25) is 15.9 Å². The maximum atomic E-state index is 13.0. The molecule has 1 aromatic rings. The van der Waals surface area contributed by atoms with Gasteiger partial charge in [-0.25, -0.2) is 8.42 Å². The van der Waals surface area contributed by atoms with Gasteiger partial charge < -0.3 is 9.64 Å². The first-order valence-corrected chi connectivity index (χ1v) is 10.2. The van der Waals surface area contributed by atoms with E-state index in [9.17, 15) is 13.2 Å². The highest BCUT2D eigenvalue weighted by Crippen LogP contribution is 2.42. The van der Waals surface area contributed by atoms with E-state index in [0.717, 1.165) is 19.4 Å². The van der Waals surface area contributed by atoms with Crippen LogP contribution in [0.25, 0.3) is 0 Å². The van der Waals surface area contributed by atoms with Crippen LogP contribution in [0.5, 0.6) is 5.75 Å². The zero-order chi connectivity index (χ0) is 18.2. The van der Waals surface area contributed by atoms with Crippen LogP contribution in [0.2, 0.25) is 0 Å². The van der Waals surface area contributed by atoms with E-state index in [4.69, 9.17) is 4.74 Å². The smallest absolute Gasteiger partial charge is 0.243 e. The molecule has 25 heavy (non-hydrogen) atoms. The molecular weight excluding hydrogens is 340 g/mol. The first-order chi connectivity index (χ1) is 11.8. The molecule has 6 nitrogen and oxygen atoms in total. The highest BCUT2D eigenvalue weighted by molar-refractivity contribution is 7.89. The van der Waals surface area contributed by atoms with Crippen LogP contribution in [0.4, 0.5) is 0 Å². The first-order valence-electron chi connectivity index (χ1n) is 8.75. The second kappa shape index (κ2) is 6.61. The Morgan fingerprint density at radius 1 is 1.20 bits per heavy atom. The van der Waals surface area contributed by atoms with Crippen molar-refractivity contribution in [2.45, 2.75) is 44.0 Å². The Morgan fingerprint density at radius 3 is 2.64 bits per heavy atom. The van der Waals surface area contributed by atoms with Crippen LogP contribution in [0.3, 0.4) is 0 Å². The fraction of sp³-hybridized carbons (Fsp3) is 0.611. The number of hydrogen-bond donors (Lipinski definition) is 0. The summed E-state index contributed by atoms with van der Waals surface area (Å²) in [4.78, 5) is 15.1. The lowest BCUT2D eigenvalue weighted by Crippen LogP contribution is -2.52. The summed E-state index contributed by atoms with van der Waals surface area (Å²) in [6.45, 7) is 5.44. The third-order valence-electron chi connectivity index (χ3n) is 5.39. The van der Waals surface area contributed by atoms with Crippen molar-refractivity contribution in [2.75, 3.05) is 26.7 Å². The zero-order valence-electron chi connectivity index (χ0n) is 15.1. The van der Waals surface area contributed by atoms with Gasteiger partial charge in [-0.3, -0.25) is 4.79 Å². The molecule has 138 valence electrons. The van der Waals surface area contributed by atoms with Gasteiger partial charge in [-0.2, -0.15) is 4.31 Å². The fourth-order valence-corrected chi connectivity index (χ4v) is 5.49. The van der Waals surface area contributed by atoms with Crippen molar-refractivity contribution in [2.24, 2.45) is 5.41 Å². The van der Waals surface area contributed by atoms with Gasteiger partial charge >= 0.3 is 0 Å². The maximum Gasteiger partial charge on any atom is 0.243 e. The Kier molecular flexibility index (Phi) is 4.81. The molecule has 0 radical (unpaired) electrons. The standard InChI is InChI=1S/C18H26N2O4S/c1-14(2)20-10-5-8-18(17(20)21)9-11-19(13-18)25(22,23)16-7-4-6-15(12-16)24-3/h4,6-7,12,14H,5,8-11,13H2,1-3H3/t18-/m0/s1. The lowest BCUT2D eigenvalue weighted by atomic mass is 9.78. The number of likely N-dealkylation sites (tertiary alicyclic amines) is 1. The minimum Gasteiger partial charge on any atom is -0.497 e. The van der Waals surface area contributed by atoms with Crippen molar-refractivity contribution in [1.82, 2.24) is 9.21 Å². The second-order valence-electron chi connectivity index (χ2n) is 7.24. The van der Waals surface area contributed by atoms with Crippen molar-refractivity contribution < 1.29 is 17.9 Å². The van der Waals surface area contributed by atoms with Gasteiger partial charge in [0.05, 0.1) is 17.4 Å². The third-order valence-corrected chi connectivity index (χ3v) is 7.23. The molecule has 0 aliphatic carbocycles. The molecule has 1 atom stereocenters. The Balaban J connectivity index is 1.85. The van der Waals surface area contributed by atoms with Crippen LogP contribution in [-0.2, 0) is 14.8 Å². The molecular formula is C18H26N2O4S. The van der Waals surface area contributed by atoms with E-state index >= 15 is 0 Å². The molecule has 0 N–H and O–H groups in total. The number of benzene rings is 1. The van der Waals surface area contributed by atoms with Crippen molar-refractivity contribution >= 4 is 15.9 Å². The minimum atomic E-state index is -3.63. The largest absolute Gasteiger partial charge is 0.497 e. The fourth-order valence-electron chi connectivity index (χ4n) is 3.92. The molecule has 2 saturated heterocycles. The molecule has 2 aliphatic rings. The van der Waals surface area contributed by atoms with E-state index in [1.54, 1.807) is 18.2 Å². The predicted octanol–water partition coefficient (Wildman–Crippen LogP) is 2.11. The number of piperidine rings is 1. The van der Waals surface area contributed by atoms with E-state index in [-0.39, 0.29) is 23.4 Å². The number of hydrogen-bond acceptors (Lipinski definition) is 4. The van der Waals surface area contributed by atoms with Gasteiger partial charge in [0.1, 0.15) is 5.75 Å². The first kappa shape index (κ1) is 18.2. The molecule has 3 rings (SSSR count). The van der Waals surface area contributed by atoms with Crippen LogP contribution < -0.4 is 4.74 Å². The summed E-state index contributed by atoms with van der Waals surface area (Å²) < 4.78 is 32.6. The van der Waals surface area contributed by atoms with Crippen LogP contribution in [0.1, 0.15) is 33.1 Å². The Bertz CT molecular complexity index is 762. The van der Waals surface area contributed by atoms with Gasteiger partial charge in [0.15, 0.2) is 0 Å². The Morgan fingerprint density at radius 2 is 1.96 bits per heavy atom. The van der Waals surface area contributed by atoms with E-state index in [0.29, 0.717) is 18.7 Å². The molecule has 2 heterocycles. The highest BCUT2D eigenvalue weighted by atomic mass is 32.2. The molecule has 0 unspecified atom stereocenters. The number of rotatable bonds is 4. The lowest BCUT2D eigenvalue weighted by molar-refractivity contribution is -0.147. The van der Waals surface area contributed by atoms with E-state index in [1.807, 2.05) is 18.7 Å². The Hall–Kier alpha value is -1.60. The van der Waals surface area contributed by atoms with Crippen LogP contribution in [0.15, 0.2) is 29.2 Å². The average molecular weight is 366 g/mol. The summed E-state index contributed by atoms with van der Waals surface area (Å²) in [6.07, 6.45) is 2.29. The number of sulfonamides is 1. The van der Waals surface area contributed by atoms with E-state index in [1.165, 1.54) is 17.5 Å². The molecule has 7 heteroatoms. The average Bonchev–Trinajstić information content (AvgIpc) is 3.03. The number of nitrogens with zero attached hydrogens (tertiary/aromatic N) is 2. The van der Waals surface area contributed by atoms with E-state index < -0.39 is 15.4 Å². The quantitative estimate of drug-likeness (QED) is 0.818. The second-order valence-corrected chi connectivity index (χ2v) is 9.18. The van der Waals surface area contributed by atoms with Crippen LogP contribution >= 0.6 is 0 Å².